The van der Waals surface area contributed by atoms with E-state index in [1.165, 1.54) is 12.1 Å². The molecule has 0 saturated heterocycles. The third kappa shape index (κ3) is 4.08. The molecule has 0 bridgehead atoms. The van der Waals surface area contributed by atoms with E-state index in [4.69, 9.17) is 0 Å². The maximum Gasteiger partial charge on any atom is 0.274 e. The van der Waals surface area contributed by atoms with Gasteiger partial charge in [-0.3, -0.25) is 4.79 Å². The number of nitrogens with zero attached hydrogens (tertiary/aromatic N) is 2. The number of anilines is 3. The molecule has 2 aromatic carbocycles. The average molecular weight is 368 g/mol. The number of rotatable bonds is 4. The predicted octanol–water partition coefficient (Wildman–Crippen LogP) is 4.68. The number of nitrogens with one attached hydrogen (secondary N) is 2. The van der Waals surface area contributed by atoms with Crippen LogP contribution < -0.4 is 10.6 Å². The molecular formula is C20H18F2N4O. The summed E-state index contributed by atoms with van der Waals surface area (Å²) >= 11 is 0. The second-order valence-electron chi connectivity index (χ2n) is 6.14. The van der Waals surface area contributed by atoms with E-state index >= 15 is 0 Å². The Morgan fingerprint density at radius 1 is 0.963 bits per heavy atom. The van der Waals surface area contributed by atoms with Crippen molar-refractivity contribution in [2.24, 2.45) is 0 Å². The second-order valence-corrected chi connectivity index (χ2v) is 6.14. The van der Waals surface area contributed by atoms with Crippen LogP contribution in [0.2, 0.25) is 0 Å². The molecule has 3 rings (SSSR count). The third-order valence-electron chi connectivity index (χ3n) is 4.14. The first-order valence-electron chi connectivity index (χ1n) is 8.29. The van der Waals surface area contributed by atoms with Crippen LogP contribution in [0.5, 0.6) is 0 Å². The van der Waals surface area contributed by atoms with Gasteiger partial charge >= 0.3 is 0 Å². The summed E-state index contributed by atoms with van der Waals surface area (Å²) in [6.07, 6.45) is 0. The Kier molecular flexibility index (Phi) is 5.12. The van der Waals surface area contributed by atoms with E-state index in [0.29, 0.717) is 11.4 Å². The second kappa shape index (κ2) is 7.49. The molecule has 0 fully saturated rings. The number of amides is 1. The van der Waals surface area contributed by atoms with E-state index in [1.54, 1.807) is 13.0 Å². The Hall–Kier alpha value is -3.35. The Labute approximate surface area is 155 Å². The third-order valence-corrected chi connectivity index (χ3v) is 4.14. The number of hydrogen-bond donors (Lipinski definition) is 2. The Bertz CT molecular complexity index is 1000. The van der Waals surface area contributed by atoms with Gasteiger partial charge in [0.05, 0.1) is 0 Å². The maximum absolute atomic E-state index is 13.8. The van der Waals surface area contributed by atoms with Crippen LogP contribution in [0.4, 0.5) is 26.1 Å². The molecule has 3 aromatic rings. The Morgan fingerprint density at radius 2 is 1.63 bits per heavy atom. The van der Waals surface area contributed by atoms with Crippen LogP contribution in [0.3, 0.4) is 0 Å². The SMILES string of the molecule is Cc1cc(C(=O)Nc2cccc(C)c2C)nc(Nc2c(F)cccc2F)n1. The number of aryl methyl sites for hydroxylation is 2. The van der Waals surface area contributed by atoms with E-state index < -0.39 is 17.5 Å². The molecule has 0 radical (unpaired) electrons. The lowest BCUT2D eigenvalue weighted by molar-refractivity contribution is 0.102. The standard InChI is InChI=1S/C20H18F2N4O/c1-11-6-4-9-16(13(11)3)24-19(27)17-10-12(2)23-20(25-17)26-18-14(21)7-5-8-15(18)22/h4-10H,1-3H3,(H,24,27)(H,23,25,26). The van der Waals surface area contributed by atoms with E-state index in [-0.39, 0.29) is 17.3 Å². The maximum atomic E-state index is 13.8. The summed E-state index contributed by atoms with van der Waals surface area (Å²) in [5.41, 5.74) is 2.86. The summed E-state index contributed by atoms with van der Waals surface area (Å²) in [5, 5.41) is 5.31. The number of aromatic nitrogens is 2. The van der Waals surface area contributed by atoms with Gasteiger partial charge in [-0.2, -0.15) is 0 Å². The molecule has 0 aliphatic heterocycles. The van der Waals surface area contributed by atoms with Gasteiger partial charge in [0.2, 0.25) is 5.95 Å². The van der Waals surface area contributed by atoms with Crippen LogP contribution in [-0.2, 0) is 0 Å². The normalized spacial score (nSPS) is 10.6. The fourth-order valence-electron chi connectivity index (χ4n) is 2.54. The zero-order chi connectivity index (χ0) is 19.6. The van der Waals surface area contributed by atoms with Crippen LogP contribution in [0.15, 0.2) is 42.5 Å². The van der Waals surface area contributed by atoms with Crippen molar-refractivity contribution in [1.29, 1.82) is 0 Å². The van der Waals surface area contributed by atoms with Crippen molar-refractivity contribution in [1.82, 2.24) is 9.97 Å². The van der Waals surface area contributed by atoms with Crippen molar-refractivity contribution in [3.05, 3.63) is 76.6 Å². The minimum Gasteiger partial charge on any atom is -0.320 e. The zero-order valence-electron chi connectivity index (χ0n) is 15.1. The zero-order valence-corrected chi connectivity index (χ0v) is 15.1. The van der Waals surface area contributed by atoms with Crippen molar-refractivity contribution in [2.75, 3.05) is 10.6 Å². The molecule has 0 unspecified atom stereocenters. The van der Waals surface area contributed by atoms with Gasteiger partial charge in [0.1, 0.15) is 23.0 Å². The average Bonchev–Trinajstić information content (AvgIpc) is 2.62. The monoisotopic (exact) mass is 368 g/mol. The number of halogens is 2. The molecule has 2 N–H and O–H groups in total. The molecule has 1 amide bonds. The quantitative estimate of drug-likeness (QED) is 0.702. The minimum atomic E-state index is -0.776. The summed E-state index contributed by atoms with van der Waals surface area (Å²) in [6.45, 7) is 5.52. The van der Waals surface area contributed by atoms with Gasteiger partial charge in [-0.25, -0.2) is 18.7 Å². The topological polar surface area (TPSA) is 66.9 Å². The van der Waals surface area contributed by atoms with Crippen LogP contribution >= 0.6 is 0 Å². The van der Waals surface area contributed by atoms with E-state index in [9.17, 15) is 13.6 Å². The number of carbonyl (C=O) groups excluding carboxylic acids is 1. The molecule has 0 spiro atoms. The van der Waals surface area contributed by atoms with Crippen molar-refractivity contribution in [3.8, 4) is 0 Å². The number of benzene rings is 2. The first-order chi connectivity index (χ1) is 12.8. The van der Waals surface area contributed by atoms with Gasteiger partial charge in [-0.15, -0.1) is 0 Å². The lowest BCUT2D eigenvalue weighted by Gasteiger charge is -2.12. The summed E-state index contributed by atoms with van der Waals surface area (Å²) < 4.78 is 27.7. The van der Waals surface area contributed by atoms with E-state index in [1.807, 2.05) is 26.0 Å². The van der Waals surface area contributed by atoms with Crippen molar-refractivity contribution < 1.29 is 13.6 Å². The van der Waals surface area contributed by atoms with Crippen molar-refractivity contribution in [3.63, 3.8) is 0 Å². The van der Waals surface area contributed by atoms with Crippen LogP contribution in [0, 0.1) is 32.4 Å². The minimum absolute atomic E-state index is 0.0647. The van der Waals surface area contributed by atoms with Gasteiger partial charge in [-0.05, 0) is 56.2 Å². The molecule has 7 heteroatoms. The first-order valence-corrected chi connectivity index (χ1v) is 8.29. The highest BCUT2D eigenvalue weighted by atomic mass is 19.1. The summed E-state index contributed by atoms with van der Waals surface area (Å²) in [7, 11) is 0. The molecule has 138 valence electrons. The van der Waals surface area contributed by atoms with Gasteiger partial charge in [0.15, 0.2) is 0 Å². The predicted molar refractivity (Wildman–Crippen MR) is 100 cm³/mol. The first kappa shape index (κ1) is 18.4. The molecule has 0 saturated carbocycles. The Balaban J connectivity index is 1.89. The van der Waals surface area contributed by atoms with Gasteiger partial charge in [0.25, 0.3) is 5.91 Å². The number of para-hydroxylation sites is 1. The lowest BCUT2D eigenvalue weighted by atomic mass is 10.1. The highest BCUT2D eigenvalue weighted by Gasteiger charge is 2.15. The Morgan fingerprint density at radius 3 is 2.33 bits per heavy atom. The molecule has 0 aliphatic carbocycles. The van der Waals surface area contributed by atoms with Gasteiger partial charge in [0, 0.05) is 11.4 Å². The smallest absolute Gasteiger partial charge is 0.274 e. The molecule has 27 heavy (non-hydrogen) atoms. The van der Waals surface area contributed by atoms with Crippen molar-refractivity contribution >= 4 is 23.2 Å². The molecule has 0 aliphatic rings. The summed E-state index contributed by atoms with van der Waals surface area (Å²) in [6, 6.07) is 10.6. The molecule has 1 aromatic heterocycles. The molecule has 5 nitrogen and oxygen atoms in total. The van der Waals surface area contributed by atoms with E-state index in [0.717, 1.165) is 23.3 Å². The highest BCUT2D eigenvalue weighted by Crippen LogP contribution is 2.22. The number of carbonyl (C=O) groups is 1. The molecule has 0 atom stereocenters. The van der Waals surface area contributed by atoms with Gasteiger partial charge < -0.3 is 10.6 Å². The highest BCUT2D eigenvalue weighted by molar-refractivity contribution is 6.03. The molecular weight excluding hydrogens is 350 g/mol. The van der Waals surface area contributed by atoms with Crippen LogP contribution in [-0.4, -0.2) is 15.9 Å². The number of hydrogen-bond acceptors (Lipinski definition) is 4. The van der Waals surface area contributed by atoms with Crippen LogP contribution in [0.1, 0.15) is 27.3 Å². The van der Waals surface area contributed by atoms with Crippen molar-refractivity contribution in [2.45, 2.75) is 20.8 Å². The van der Waals surface area contributed by atoms with Gasteiger partial charge in [-0.1, -0.05) is 18.2 Å². The lowest BCUT2D eigenvalue weighted by Crippen LogP contribution is -2.16. The van der Waals surface area contributed by atoms with Crippen LogP contribution in [0.25, 0.3) is 0 Å². The summed E-state index contributed by atoms with van der Waals surface area (Å²) in [5.74, 6) is -2.06. The van der Waals surface area contributed by atoms with E-state index in [2.05, 4.69) is 20.6 Å². The largest absolute Gasteiger partial charge is 0.320 e. The fraction of sp³-hybridized carbons (Fsp3) is 0.150. The molecule has 1 heterocycles. The summed E-state index contributed by atoms with van der Waals surface area (Å²) in [4.78, 5) is 20.8. The fourth-order valence-corrected chi connectivity index (χ4v) is 2.54.